The molecule has 0 atom stereocenters. The van der Waals surface area contributed by atoms with Gasteiger partial charge in [-0.25, -0.2) is 0 Å². The number of nitrogens with zero attached hydrogens (tertiary/aromatic N) is 3. The van der Waals surface area contributed by atoms with E-state index in [1.807, 2.05) is 30.0 Å². The number of benzene rings is 2. The quantitative estimate of drug-likeness (QED) is 0.505. The number of piperazine rings is 1. The molecule has 2 aromatic carbocycles. The van der Waals surface area contributed by atoms with Crippen molar-refractivity contribution in [3.63, 3.8) is 0 Å². The van der Waals surface area contributed by atoms with Gasteiger partial charge in [0.1, 0.15) is 6.61 Å². The lowest BCUT2D eigenvalue weighted by Crippen LogP contribution is -2.50. The topological polar surface area (TPSA) is 87.9 Å². The summed E-state index contributed by atoms with van der Waals surface area (Å²) in [5.74, 6) is 0.0736. The van der Waals surface area contributed by atoms with E-state index >= 15 is 0 Å². The molecular formula is C25H32N4O4. The second-order valence-electron chi connectivity index (χ2n) is 8.89. The van der Waals surface area contributed by atoms with E-state index in [-0.39, 0.29) is 29.2 Å². The van der Waals surface area contributed by atoms with Gasteiger partial charge in [-0.15, -0.1) is 0 Å². The molecule has 1 saturated carbocycles. The van der Waals surface area contributed by atoms with Gasteiger partial charge in [-0.05, 0) is 56.4 Å². The van der Waals surface area contributed by atoms with Crippen LogP contribution < -0.4 is 10.2 Å². The summed E-state index contributed by atoms with van der Waals surface area (Å²) in [6.07, 6.45) is 3.81. The van der Waals surface area contributed by atoms with Crippen LogP contribution in [0, 0.1) is 17.0 Å². The van der Waals surface area contributed by atoms with Crippen LogP contribution in [0.3, 0.4) is 0 Å². The SMILES string of the molecule is Cc1cc([N+](=O)[O-])ccc1NC1CCC(OCC(=O)N2CCN(c3ccccc3)CC2)CC1. The van der Waals surface area contributed by atoms with E-state index in [9.17, 15) is 14.9 Å². The molecule has 0 unspecified atom stereocenters. The van der Waals surface area contributed by atoms with Crippen molar-refractivity contribution in [2.45, 2.75) is 44.8 Å². The van der Waals surface area contributed by atoms with Gasteiger partial charge in [-0.2, -0.15) is 0 Å². The number of rotatable bonds is 7. The third-order valence-electron chi connectivity index (χ3n) is 6.65. The standard InChI is InChI=1S/C25H32N4O4/c1-19-17-22(29(31)32)9-12-24(19)26-20-7-10-23(11-8-20)33-18-25(30)28-15-13-27(14-16-28)21-5-3-2-4-6-21/h2-6,9,12,17,20,23,26H,7-8,10-11,13-16,18H2,1H3. The highest BCUT2D eigenvalue weighted by Gasteiger charge is 2.25. The van der Waals surface area contributed by atoms with Gasteiger partial charge < -0.3 is 19.9 Å². The predicted octanol–water partition coefficient (Wildman–Crippen LogP) is 3.99. The summed E-state index contributed by atoms with van der Waals surface area (Å²) in [7, 11) is 0. The normalized spacial score (nSPS) is 21.0. The van der Waals surface area contributed by atoms with Crippen LogP contribution in [0.25, 0.3) is 0 Å². The molecule has 1 aliphatic heterocycles. The van der Waals surface area contributed by atoms with Crippen molar-refractivity contribution in [3.05, 3.63) is 64.2 Å². The van der Waals surface area contributed by atoms with Crippen molar-refractivity contribution in [2.75, 3.05) is 43.0 Å². The number of carbonyl (C=O) groups excluding carboxylic acids is 1. The highest BCUT2D eigenvalue weighted by atomic mass is 16.6. The van der Waals surface area contributed by atoms with E-state index in [0.29, 0.717) is 6.04 Å². The summed E-state index contributed by atoms with van der Waals surface area (Å²) in [5, 5.41) is 14.4. The molecule has 1 saturated heterocycles. The summed E-state index contributed by atoms with van der Waals surface area (Å²) in [6.45, 7) is 5.17. The molecule has 33 heavy (non-hydrogen) atoms. The Labute approximate surface area is 194 Å². The Kier molecular flexibility index (Phi) is 7.44. The lowest BCUT2D eigenvalue weighted by molar-refractivity contribution is -0.384. The maximum atomic E-state index is 12.6. The van der Waals surface area contributed by atoms with Gasteiger partial charge in [0, 0.05) is 55.7 Å². The minimum absolute atomic E-state index is 0.0736. The van der Waals surface area contributed by atoms with Crippen molar-refractivity contribution in [1.82, 2.24) is 4.90 Å². The van der Waals surface area contributed by atoms with E-state index in [0.717, 1.165) is 63.1 Å². The molecule has 8 nitrogen and oxygen atoms in total. The Bertz CT molecular complexity index is 952. The Morgan fingerprint density at radius 1 is 1.06 bits per heavy atom. The second-order valence-corrected chi connectivity index (χ2v) is 8.89. The molecule has 2 aliphatic rings. The molecule has 176 valence electrons. The van der Waals surface area contributed by atoms with Crippen LogP contribution in [0.1, 0.15) is 31.2 Å². The average Bonchev–Trinajstić information content (AvgIpc) is 2.85. The maximum absolute atomic E-state index is 12.6. The van der Waals surface area contributed by atoms with Crippen molar-refractivity contribution in [1.29, 1.82) is 0 Å². The summed E-state index contributed by atoms with van der Waals surface area (Å²) in [5.41, 5.74) is 3.13. The van der Waals surface area contributed by atoms with Crippen molar-refractivity contribution in [2.24, 2.45) is 0 Å². The van der Waals surface area contributed by atoms with E-state index in [1.165, 1.54) is 11.8 Å². The predicted molar refractivity (Wildman–Crippen MR) is 129 cm³/mol. The number of anilines is 2. The van der Waals surface area contributed by atoms with Gasteiger partial charge >= 0.3 is 0 Å². The fourth-order valence-electron chi connectivity index (χ4n) is 4.65. The number of ether oxygens (including phenoxy) is 1. The molecule has 8 heteroatoms. The van der Waals surface area contributed by atoms with Crippen molar-refractivity contribution in [3.8, 4) is 0 Å². The third kappa shape index (κ3) is 6.01. The number of hydrogen-bond donors (Lipinski definition) is 1. The first-order valence-corrected chi connectivity index (χ1v) is 11.7. The maximum Gasteiger partial charge on any atom is 0.269 e. The first-order chi connectivity index (χ1) is 16.0. The number of hydrogen-bond acceptors (Lipinski definition) is 6. The number of carbonyl (C=O) groups is 1. The first-order valence-electron chi connectivity index (χ1n) is 11.7. The monoisotopic (exact) mass is 452 g/mol. The molecule has 2 aromatic rings. The average molecular weight is 453 g/mol. The van der Waals surface area contributed by atoms with Gasteiger partial charge in [0.2, 0.25) is 5.91 Å². The zero-order valence-electron chi connectivity index (χ0n) is 19.1. The van der Waals surface area contributed by atoms with Crippen LogP contribution in [-0.2, 0) is 9.53 Å². The zero-order chi connectivity index (χ0) is 23.2. The number of nitro groups is 1. The molecule has 2 fully saturated rings. The molecule has 1 aliphatic carbocycles. The van der Waals surface area contributed by atoms with E-state index < -0.39 is 0 Å². The van der Waals surface area contributed by atoms with Crippen LogP contribution >= 0.6 is 0 Å². The smallest absolute Gasteiger partial charge is 0.269 e. The summed E-state index contributed by atoms with van der Waals surface area (Å²) in [4.78, 5) is 27.4. The molecule has 4 rings (SSSR count). The molecule has 0 aromatic heterocycles. The van der Waals surface area contributed by atoms with Gasteiger partial charge in [0.05, 0.1) is 11.0 Å². The molecule has 1 amide bonds. The largest absolute Gasteiger partial charge is 0.382 e. The van der Waals surface area contributed by atoms with Gasteiger partial charge in [0.15, 0.2) is 0 Å². The van der Waals surface area contributed by atoms with Crippen LogP contribution in [0.2, 0.25) is 0 Å². The number of nitrogens with one attached hydrogen (secondary N) is 1. The molecule has 1 N–H and O–H groups in total. The molecule has 0 bridgehead atoms. The highest BCUT2D eigenvalue weighted by molar-refractivity contribution is 5.77. The summed E-state index contributed by atoms with van der Waals surface area (Å²) < 4.78 is 5.97. The lowest BCUT2D eigenvalue weighted by Gasteiger charge is -2.36. The van der Waals surface area contributed by atoms with Crippen molar-refractivity contribution >= 4 is 23.0 Å². The van der Waals surface area contributed by atoms with Crippen LogP contribution in [-0.4, -0.2) is 60.7 Å². The number of aryl methyl sites for hydroxylation is 1. The Balaban J connectivity index is 1.16. The zero-order valence-corrected chi connectivity index (χ0v) is 19.1. The fourth-order valence-corrected chi connectivity index (χ4v) is 4.65. The minimum Gasteiger partial charge on any atom is -0.382 e. The van der Waals surface area contributed by atoms with Crippen LogP contribution in [0.4, 0.5) is 17.1 Å². The molecule has 0 spiro atoms. The molecule has 1 heterocycles. The second kappa shape index (κ2) is 10.7. The number of amides is 1. The third-order valence-corrected chi connectivity index (χ3v) is 6.65. The number of non-ortho nitro benzene ring substituents is 1. The van der Waals surface area contributed by atoms with Crippen molar-refractivity contribution < 1.29 is 14.5 Å². The summed E-state index contributed by atoms with van der Waals surface area (Å²) in [6, 6.07) is 15.5. The van der Waals surface area contributed by atoms with Gasteiger partial charge in [0.25, 0.3) is 5.69 Å². The lowest BCUT2D eigenvalue weighted by atomic mass is 9.92. The first kappa shape index (κ1) is 23.0. The minimum atomic E-state index is -0.371. The van der Waals surface area contributed by atoms with E-state index in [2.05, 4.69) is 22.3 Å². The summed E-state index contributed by atoms with van der Waals surface area (Å²) >= 11 is 0. The number of nitro benzene ring substituents is 1. The van der Waals surface area contributed by atoms with Crippen LogP contribution in [0.15, 0.2) is 48.5 Å². The Morgan fingerprint density at radius 2 is 1.76 bits per heavy atom. The Hall–Kier alpha value is -3.13. The fraction of sp³-hybridized carbons (Fsp3) is 0.480. The van der Waals surface area contributed by atoms with E-state index in [4.69, 9.17) is 4.74 Å². The van der Waals surface area contributed by atoms with Gasteiger partial charge in [-0.1, -0.05) is 18.2 Å². The molecule has 0 radical (unpaired) electrons. The number of para-hydroxylation sites is 1. The van der Waals surface area contributed by atoms with E-state index in [1.54, 1.807) is 12.1 Å². The Morgan fingerprint density at radius 3 is 2.39 bits per heavy atom. The highest BCUT2D eigenvalue weighted by Crippen LogP contribution is 2.27. The van der Waals surface area contributed by atoms with Crippen LogP contribution in [0.5, 0.6) is 0 Å². The molecular weight excluding hydrogens is 420 g/mol. The van der Waals surface area contributed by atoms with Gasteiger partial charge in [-0.3, -0.25) is 14.9 Å².